The van der Waals surface area contributed by atoms with E-state index in [1.807, 2.05) is 30.5 Å². The molecule has 3 aromatic rings. The van der Waals surface area contributed by atoms with Crippen molar-refractivity contribution >= 4 is 23.4 Å². The molecule has 4 N–H and O–H groups in total. The maximum absolute atomic E-state index is 6.40. The van der Waals surface area contributed by atoms with Gasteiger partial charge in [0.05, 0.1) is 16.9 Å². The van der Waals surface area contributed by atoms with Crippen molar-refractivity contribution in [3.8, 4) is 11.3 Å². The van der Waals surface area contributed by atoms with Crippen molar-refractivity contribution in [3.05, 3.63) is 59.6 Å². The molecule has 0 aliphatic heterocycles. The zero-order valence-corrected chi connectivity index (χ0v) is 16.8. The molecule has 3 heterocycles. The fourth-order valence-corrected chi connectivity index (χ4v) is 3.66. The van der Waals surface area contributed by atoms with Gasteiger partial charge in [-0.1, -0.05) is 17.7 Å². The predicted octanol–water partition coefficient (Wildman–Crippen LogP) is 3.88. The lowest BCUT2D eigenvalue weighted by atomic mass is 9.92. The number of nitrogens with one attached hydrogen (secondary N) is 2. The smallest absolute Gasteiger partial charge is 0.223 e. The average molecular weight is 410 g/mol. The van der Waals surface area contributed by atoms with Crippen LogP contribution in [0.3, 0.4) is 0 Å². The summed E-state index contributed by atoms with van der Waals surface area (Å²) in [6.45, 7) is 0.637. The van der Waals surface area contributed by atoms with Crippen molar-refractivity contribution in [2.75, 3.05) is 10.6 Å². The number of rotatable bonds is 6. The molecular formula is C21H24ClN7. The molecule has 8 heteroatoms. The van der Waals surface area contributed by atoms with Gasteiger partial charge in [0.15, 0.2) is 0 Å². The lowest BCUT2D eigenvalue weighted by molar-refractivity contribution is 0.410. The number of hydrogen-bond donors (Lipinski definition) is 3. The van der Waals surface area contributed by atoms with Gasteiger partial charge in [-0.05, 0) is 49.4 Å². The van der Waals surface area contributed by atoms with E-state index >= 15 is 0 Å². The lowest BCUT2D eigenvalue weighted by Crippen LogP contribution is -2.33. The van der Waals surface area contributed by atoms with Crippen molar-refractivity contribution in [1.82, 2.24) is 19.9 Å². The number of nitrogens with two attached hydrogens (primary N) is 1. The van der Waals surface area contributed by atoms with Crippen LogP contribution >= 0.6 is 11.6 Å². The summed E-state index contributed by atoms with van der Waals surface area (Å²) in [6, 6.07) is 8.42. The van der Waals surface area contributed by atoms with E-state index < -0.39 is 0 Å². The molecule has 4 rings (SSSR count). The number of aromatic nitrogens is 4. The van der Waals surface area contributed by atoms with Gasteiger partial charge in [-0.15, -0.1) is 0 Å². The zero-order valence-electron chi connectivity index (χ0n) is 16.1. The Morgan fingerprint density at radius 3 is 2.72 bits per heavy atom. The highest BCUT2D eigenvalue weighted by Gasteiger charge is 2.19. The summed E-state index contributed by atoms with van der Waals surface area (Å²) in [5.41, 5.74) is 8.64. The Morgan fingerprint density at radius 1 is 1.07 bits per heavy atom. The third kappa shape index (κ3) is 5.19. The summed E-state index contributed by atoms with van der Waals surface area (Å²) in [5.74, 6) is 1.34. The van der Waals surface area contributed by atoms with Crippen LogP contribution in [0, 0.1) is 0 Å². The molecule has 1 aliphatic rings. The van der Waals surface area contributed by atoms with Crippen LogP contribution < -0.4 is 16.4 Å². The van der Waals surface area contributed by atoms with Gasteiger partial charge in [0, 0.05) is 42.8 Å². The van der Waals surface area contributed by atoms with E-state index in [-0.39, 0.29) is 0 Å². The highest BCUT2D eigenvalue weighted by atomic mass is 35.5. The second kappa shape index (κ2) is 9.15. The fraction of sp³-hybridized carbons (Fsp3) is 0.333. The summed E-state index contributed by atoms with van der Waals surface area (Å²) in [6.07, 6.45) is 11.1. The maximum Gasteiger partial charge on any atom is 0.223 e. The number of halogens is 1. The van der Waals surface area contributed by atoms with Gasteiger partial charge in [0.25, 0.3) is 0 Å². The Balaban J connectivity index is 1.48. The Hall–Kier alpha value is -2.77. The summed E-state index contributed by atoms with van der Waals surface area (Å²) >= 11 is 6.40. The monoisotopic (exact) mass is 409 g/mol. The Labute approximate surface area is 175 Å². The molecule has 1 fully saturated rings. The highest BCUT2D eigenvalue weighted by molar-refractivity contribution is 6.32. The molecule has 7 nitrogen and oxygen atoms in total. The van der Waals surface area contributed by atoms with Crippen LogP contribution in [0.15, 0.2) is 49.1 Å². The number of anilines is 2. The molecule has 3 aromatic heterocycles. The molecule has 0 saturated heterocycles. The molecule has 150 valence electrons. The molecule has 0 amide bonds. The molecule has 0 aromatic carbocycles. The molecule has 0 atom stereocenters. The van der Waals surface area contributed by atoms with E-state index in [9.17, 15) is 0 Å². The lowest BCUT2D eigenvalue weighted by Gasteiger charge is -2.26. The van der Waals surface area contributed by atoms with Crippen LogP contribution in [-0.2, 0) is 6.54 Å². The normalized spacial score (nSPS) is 19.0. The first-order chi connectivity index (χ1) is 14.2. The second-order valence-corrected chi connectivity index (χ2v) is 7.70. The Morgan fingerprint density at radius 2 is 1.93 bits per heavy atom. The van der Waals surface area contributed by atoms with Gasteiger partial charge in [0.2, 0.25) is 5.95 Å². The molecule has 29 heavy (non-hydrogen) atoms. The van der Waals surface area contributed by atoms with Crippen LogP contribution in [0.4, 0.5) is 11.8 Å². The average Bonchev–Trinajstić information content (AvgIpc) is 2.76. The minimum atomic E-state index is 0.309. The van der Waals surface area contributed by atoms with Gasteiger partial charge >= 0.3 is 0 Å². The summed E-state index contributed by atoms with van der Waals surface area (Å²) in [5, 5.41) is 7.24. The van der Waals surface area contributed by atoms with Crippen LogP contribution in [0.25, 0.3) is 11.3 Å². The van der Waals surface area contributed by atoms with Crippen LogP contribution in [0.5, 0.6) is 0 Å². The van der Waals surface area contributed by atoms with Crippen molar-refractivity contribution in [2.45, 2.75) is 44.3 Å². The van der Waals surface area contributed by atoms with Gasteiger partial charge in [-0.3, -0.25) is 4.98 Å². The van der Waals surface area contributed by atoms with Crippen molar-refractivity contribution in [3.63, 3.8) is 0 Å². The molecular weight excluding hydrogens is 386 g/mol. The largest absolute Gasteiger partial charge is 0.366 e. The van der Waals surface area contributed by atoms with E-state index in [0.29, 0.717) is 35.3 Å². The van der Waals surface area contributed by atoms with Crippen LogP contribution in [-0.4, -0.2) is 32.0 Å². The molecule has 1 aliphatic carbocycles. The van der Waals surface area contributed by atoms with Crippen LogP contribution in [0.1, 0.15) is 31.2 Å². The van der Waals surface area contributed by atoms with Crippen LogP contribution in [0.2, 0.25) is 5.02 Å². The first kappa shape index (κ1) is 19.5. The summed E-state index contributed by atoms with van der Waals surface area (Å²) in [7, 11) is 0. The van der Waals surface area contributed by atoms with E-state index in [1.54, 1.807) is 18.6 Å². The molecule has 0 radical (unpaired) electrons. The van der Waals surface area contributed by atoms with E-state index in [2.05, 4.69) is 30.6 Å². The topological polar surface area (TPSA) is 102 Å². The first-order valence-electron chi connectivity index (χ1n) is 9.81. The van der Waals surface area contributed by atoms with Gasteiger partial charge in [-0.2, -0.15) is 0 Å². The minimum Gasteiger partial charge on any atom is -0.366 e. The van der Waals surface area contributed by atoms with E-state index in [1.165, 1.54) is 0 Å². The minimum absolute atomic E-state index is 0.309. The summed E-state index contributed by atoms with van der Waals surface area (Å²) in [4.78, 5) is 17.5. The quantitative estimate of drug-likeness (QED) is 0.567. The number of hydrogen-bond acceptors (Lipinski definition) is 7. The second-order valence-electron chi connectivity index (χ2n) is 7.29. The van der Waals surface area contributed by atoms with Crippen molar-refractivity contribution in [2.24, 2.45) is 5.73 Å². The van der Waals surface area contributed by atoms with Gasteiger partial charge in [0.1, 0.15) is 5.82 Å². The Bertz CT molecular complexity index is 943. The molecule has 0 spiro atoms. The summed E-state index contributed by atoms with van der Waals surface area (Å²) < 4.78 is 0. The predicted molar refractivity (Wildman–Crippen MR) is 116 cm³/mol. The molecule has 0 bridgehead atoms. The number of pyridine rings is 2. The first-order valence-corrected chi connectivity index (χ1v) is 10.2. The highest BCUT2D eigenvalue weighted by Crippen LogP contribution is 2.28. The SMILES string of the molecule is NC1CCC(Nc2ncc(Cl)c(-c3ccnc(NCc4cccnc4)c3)n2)CC1. The molecule has 0 unspecified atom stereocenters. The van der Waals surface area contributed by atoms with Gasteiger partial charge in [-0.25, -0.2) is 15.0 Å². The van der Waals surface area contributed by atoms with E-state index in [0.717, 1.165) is 42.6 Å². The third-order valence-electron chi connectivity index (χ3n) is 5.08. The van der Waals surface area contributed by atoms with Crippen molar-refractivity contribution < 1.29 is 0 Å². The Kier molecular flexibility index (Phi) is 6.17. The zero-order chi connectivity index (χ0) is 20.1. The van der Waals surface area contributed by atoms with Crippen molar-refractivity contribution in [1.29, 1.82) is 0 Å². The number of nitrogens with zero attached hydrogens (tertiary/aromatic N) is 4. The van der Waals surface area contributed by atoms with E-state index in [4.69, 9.17) is 17.3 Å². The standard InChI is InChI=1S/C21H24ClN7/c22-18-13-27-21(28-17-5-3-16(23)4-6-17)29-20(18)15-7-9-25-19(10-15)26-12-14-2-1-8-24-11-14/h1-2,7-11,13,16-17H,3-6,12,23H2,(H,25,26)(H,27,28,29). The maximum atomic E-state index is 6.40. The fourth-order valence-electron chi connectivity index (χ4n) is 3.46. The third-order valence-corrected chi connectivity index (χ3v) is 5.36. The van der Waals surface area contributed by atoms with Gasteiger partial charge < -0.3 is 16.4 Å². The molecule has 1 saturated carbocycles.